The summed E-state index contributed by atoms with van der Waals surface area (Å²) in [5.74, 6) is -1.36. The molecule has 0 radical (unpaired) electrons. The molecule has 1 aromatic rings. The molecule has 138 valence electrons. The highest BCUT2D eigenvalue weighted by molar-refractivity contribution is 8.00. The fourth-order valence-electron chi connectivity index (χ4n) is 2.67. The fourth-order valence-corrected chi connectivity index (χ4v) is 4.17. The van der Waals surface area contributed by atoms with Crippen molar-refractivity contribution in [3.05, 3.63) is 40.7 Å². The van der Waals surface area contributed by atoms with Crippen LogP contribution in [0.2, 0.25) is 5.02 Å². The molecule has 2 aliphatic heterocycles. The molecular weight excluding hydrogens is 384 g/mol. The van der Waals surface area contributed by atoms with Crippen LogP contribution in [-0.2, 0) is 19.1 Å². The lowest BCUT2D eigenvalue weighted by Gasteiger charge is -2.48. The summed E-state index contributed by atoms with van der Waals surface area (Å²) in [5, 5.41) is 11.8. The predicted molar refractivity (Wildman–Crippen MR) is 93.6 cm³/mol. The third-order valence-corrected chi connectivity index (χ3v) is 5.46. The molecule has 0 spiro atoms. The van der Waals surface area contributed by atoms with Gasteiger partial charge in [-0.25, -0.2) is 4.79 Å². The number of carboxylic acids is 1. The van der Waals surface area contributed by atoms with Crippen molar-refractivity contribution in [2.24, 2.45) is 0 Å². The Bertz CT molecular complexity index is 799. The van der Waals surface area contributed by atoms with Crippen LogP contribution < -0.4 is 10.1 Å². The van der Waals surface area contributed by atoms with Crippen LogP contribution in [0, 0.1) is 0 Å². The smallest absolute Gasteiger partial charge is 0.356 e. The Hall–Kier alpha value is -2.39. The van der Waals surface area contributed by atoms with Gasteiger partial charge in [0.05, 0.1) is 17.9 Å². The van der Waals surface area contributed by atoms with Gasteiger partial charge in [0, 0.05) is 0 Å². The summed E-state index contributed by atoms with van der Waals surface area (Å²) in [7, 11) is 1.36. The maximum atomic E-state index is 12.3. The van der Waals surface area contributed by atoms with E-state index < -0.39 is 29.2 Å². The third kappa shape index (κ3) is 3.32. The van der Waals surface area contributed by atoms with E-state index in [4.69, 9.17) is 21.1 Å². The van der Waals surface area contributed by atoms with Gasteiger partial charge in [0.2, 0.25) is 0 Å². The van der Waals surface area contributed by atoms with Gasteiger partial charge in [-0.2, -0.15) is 0 Å². The normalized spacial score (nSPS) is 21.6. The number of rotatable bonds is 6. The van der Waals surface area contributed by atoms with Crippen LogP contribution in [0.25, 0.3) is 0 Å². The molecule has 2 N–H and O–H groups in total. The van der Waals surface area contributed by atoms with E-state index in [9.17, 15) is 19.5 Å². The van der Waals surface area contributed by atoms with Crippen LogP contribution in [0.3, 0.4) is 0 Å². The number of thioether (sulfide) groups is 1. The number of β-lactam (4-membered cyclic amide) rings is 1. The van der Waals surface area contributed by atoms with Gasteiger partial charge in [0.15, 0.2) is 12.3 Å². The molecule has 0 bridgehead atoms. The van der Waals surface area contributed by atoms with E-state index in [1.807, 2.05) is 0 Å². The average molecular weight is 399 g/mol. The number of methoxy groups -OCH3 is 1. The number of ether oxygens (including phenoxy) is 2. The van der Waals surface area contributed by atoms with Gasteiger partial charge in [-0.3, -0.25) is 14.5 Å². The third-order valence-electron chi connectivity index (χ3n) is 3.89. The van der Waals surface area contributed by atoms with E-state index in [-0.39, 0.29) is 18.1 Å². The number of nitrogens with zero attached hydrogens (tertiary/aromatic N) is 1. The second kappa shape index (κ2) is 7.46. The zero-order valence-corrected chi connectivity index (χ0v) is 15.2. The standard InChI is InChI=1S/C16H15ClN2O6S/c1-24-10-7-26-15-12(14(21)19(15)13(10)16(22)23)18-11(20)6-25-9-5-3-2-4-8(9)17/h2-5,12,15H,6-7H2,1H3,(H,18,20)(H,22,23)/t12?,15-/m1/s1. The molecule has 1 aromatic carbocycles. The Morgan fingerprint density at radius 3 is 2.81 bits per heavy atom. The first kappa shape index (κ1) is 18.4. The number of hydrogen-bond donors (Lipinski definition) is 2. The van der Waals surface area contributed by atoms with Gasteiger partial charge in [-0.05, 0) is 12.1 Å². The summed E-state index contributed by atoms with van der Waals surface area (Å²) < 4.78 is 10.4. The summed E-state index contributed by atoms with van der Waals surface area (Å²) in [6.07, 6.45) is 0. The molecule has 2 amide bonds. The Labute approximate surface area is 158 Å². The first-order chi connectivity index (χ1) is 12.4. The van der Waals surface area contributed by atoms with Crippen LogP contribution in [-0.4, -0.2) is 58.7 Å². The highest BCUT2D eigenvalue weighted by Crippen LogP contribution is 2.40. The average Bonchev–Trinajstić information content (AvgIpc) is 2.63. The minimum Gasteiger partial charge on any atom is -0.498 e. The number of carbonyl (C=O) groups excluding carboxylic acids is 2. The van der Waals surface area contributed by atoms with Crippen LogP contribution >= 0.6 is 23.4 Å². The summed E-state index contributed by atoms with van der Waals surface area (Å²) >= 11 is 7.27. The van der Waals surface area contributed by atoms with Crippen molar-refractivity contribution in [1.82, 2.24) is 10.2 Å². The minimum absolute atomic E-state index is 0.181. The number of para-hydroxylation sites is 1. The van der Waals surface area contributed by atoms with E-state index in [1.54, 1.807) is 24.3 Å². The van der Waals surface area contributed by atoms with Crippen molar-refractivity contribution in [3.63, 3.8) is 0 Å². The Balaban J connectivity index is 1.62. The van der Waals surface area contributed by atoms with Crippen LogP contribution in [0.4, 0.5) is 0 Å². The highest BCUT2D eigenvalue weighted by Gasteiger charge is 2.54. The number of benzene rings is 1. The first-order valence-electron chi connectivity index (χ1n) is 7.56. The maximum absolute atomic E-state index is 12.3. The van der Waals surface area contributed by atoms with Crippen molar-refractivity contribution in [3.8, 4) is 5.75 Å². The zero-order chi connectivity index (χ0) is 18.8. The number of carboxylic acid groups (broad SMARTS) is 1. The number of amides is 2. The van der Waals surface area contributed by atoms with Crippen molar-refractivity contribution in [1.29, 1.82) is 0 Å². The lowest BCUT2D eigenvalue weighted by Crippen LogP contribution is -2.70. The quantitative estimate of drug-likeness (QED) is 0.690. The number of nitrogens with one attached hydrogen (secondary N) is 1. The van der Waals surface area contributed by atoms with E-state index in [1.165, 1.54) is 18.9 Å². The molecule has 2 heterocycles. The number of aliphatic carboxylic acids is 1. The molecule has 1 unspecified atom stereocenters. The molecule has 8 nitrogen and oxygen atoms in total. The van der Waals surface area contributed by atoms with Gasteiger partial charge in [0.25, 0.3) is 11.8 Å². The number of halogens is 1. The first-order valence-corrected chi connectivity index (χ1v) is 8.98. The lowest BCUT2D eigenvalue weighted by molar-refractivity contribution is -0.151. The molecule has 3 rings (SSSR count). The topological polar surface area (TPSA) is 105 Å². The second-order valence-corrected chi connectivity index (χ2v) is 6.97. The van der Waals surface area contributed by atoms with Gasteiger partial charge in [-0.15, -0.1) is 11.8 Å². The molecule has 1 saturated heterocycles. The van der Waals surface area contributed by atoms with Gasteiger partial charge in [-0.1, -0.05) is 23.7 Å². The van der Waals surface area contributed by atoms with Crippen molar-refractivity contribution >= 4 is 41.1 Å². The molecular formula is C16H15ClN2O6S. The summed E-state index contributed by atoms with van der Waals surface area (Å²) in [6, 6.07) is 5.90. The molecule has 26 heavy (non-hydrogen) atoms. The molecule has 0 saturated carbocycles. The van der Waals surface area contributed by atoms with Gasteiger partial charge >= 0.3 is 5.97 Å². The predicted octanol–water partition coefficient (Wildman–Crippen LogP) is 1.06. The van der Waals surface area contributed by atoms with Crippen LogP contribution in [0.15, 0.2) is 35.7 Å². The van der Waals surface area contributed by atoms with E-state index in [0.717, 1.165) is 4.90 Å². The number of fused-ring (bicyclic) bond motifs is 1. The van der Waals surface area contributed by atoms with E-state index in [2.05, 4.69) is 5.32 Å². The summed E-state index contributed by atoms with van der Waals surface area (Å²) in [6.45, 7) is -0.310. The van der Waals surface area contributed by atoms with E-state index in [0.29, 0.717) is 16.5 Å². The molecule has 0 aromatic heterocycles. The summed E-state index contributed by atoms with van der Waals surface area (Å²) in [4.78, 5) is 36.9. The van der Waals surface area contributed by atoms with Crippen molar-refractivity contribution < 1.29 is 29.0 Å². The van der Waals surface area contributed by atoms with Gasteiger partial charge < -0.3 is 19.9 Å². The molecule has 2 aliphatic rings. The van der Waals surface area contributed by atoms with E-state index >= 15 is 0 Å². The number of hydrogen-bond acceptors (Lipinski definition) is 6. The Morgan fingerprint density at radius 2 is 2.15 bits per heavy atom. The minimum atomic E-state index is -1.24. The second-order valence-electron chi connectivity index (χ2n) is 5.46. The monoisotopic (exact) mass is 398 g/mol. The molecule has 2 atom stereocenters. The fraction of sp³-hybridized carbons (Fsp3) is 0.312. The van der Waals surface area contributed by atoms with Crippen molar-refractivity contribution in [2.75, 3.05) is 19.5 Å². The Morgan fingerprint density at radius 1 is 1.42 bits per heavy atom. The largest absolute Gasteiger partial charge is 0.498 e. The highest BCUT2D eigenvalue weighted by atomic mass is 35.5. The lowest BCUT2D eigenvalue weighted by atomic mass is 10.0. The van der Waals surface area contributed by atoms with Crippen LogP contribution in [0.5, 0.6) is 5.75 Å². The Kier molecular flexibility index (Phi) is 5.28. The maximum Gasteiger partial charge on any atom is 0.356 e. The summed E-state index contributed by atoms with van der Waals surface area (Å²) in [5.41, 5.74) is -0.181. The van der Waals surface area contributed by atoms with Crippen molar-refractivity contribution in [2.45, 2.75) is 11.4 Å². The number of carbonyl (C=O) groups is 3. The zero-order valence-electron chi connectivity index (χ0n) is 13.6. The van der Waals surface area contributed by atoms with Crippen LogP contribution in [0.1, 0.15) is 0 Å². The molecule has 0 aliphatic carbocycles. The molecule has 10 heteroatoms. The SMILES string of the molecule is COC1=C(C(=O)O)N2C(=O)C(NC(=O)COc3ccccc3Cl)[C@H]2SC1. The van der Waals surface area contributed by atoms with Gasteiger partial charge in [0.1, 0.15) is 22.9 Å². The molecule has 1 fully saturated rings.